The van der Waals surface area contributed by atoms with E-state index in [0.717, 1.165) is 0 Å². The monoisotopic (exact) mass is 281 g/mol. The lowest BCUT2D eigenvalue weighted by atomic mass is 10.1. The van der Waals surface area contributed by atoms with Crippen molar-refractivity contribution in [1.29, 1.82) is 0 Å². The van der Waals surface area contributed by atoms with Crippen LogP contribution in [-0.4, -0.2) is 34.4 Å². The van der Waals surface area contributed by atoms with Crippen LogP contribution in [0.2, 0.25) is 0 Å². The first-order valence-corrected chi connectivity index (χ1v) is 6.44. The number of carbonyl (C=O) groups is 1. The molecule has 0 atom stereocenters. The number of rotatable bonds is 6. The zero-order valence-corrected chi connectivity index (χ0v) is 11.7. The molecule has 0 aliphatic heterocycles. The average molecular weight is 281 g/mol. The first-order chi connectivity index (χ1) is 9.43. The number of hydrogen-bond donors (Lipinski definition) is 2. The molecule has 0 fully saturated rings. The summed E-state index contributed by atoms with van der Waals surface area (Å²) < 4.78 is 13.1. The maximum atomic E-state index is 13.1. The van der Waals surface area contributed by atoms with Crippen LogP contribution < -0.4 is 5.73 Å². The van der Waals surface area contributed by atoms with E-state index in [2.05, 4.69) is 5.16 Å². The normalized spacial score (nSPS) is 11.7. The summed E-state index contributed by atoms with van der Waals surface area (Å²) in [4.78, 5) is 13.9. The molecule has 0 aromatic heterocycles. The number of nitrogens with two attached hydrogens (primary N) is 1. The minimum Gasteiger partial charge on any atom is -0.409 e. The summed E-state index contributed by atoms with van der Waals surface area (Å²) >= 11 is 0. The van der Waals surface area contributed by atoms with Gasteiger partial charge in [0.2, 0.25) is 5.91 Å². The Kier molecular flexibility index (Phi) is 5.96. The van der Waals surface area contributed by atoms with E-state index in [4.69, 9.17) is 10.9 Å². The maximum Gasteiger partial charge on any atom is 0.227 e. The number of amides is 1. The van der Waals surface area contributed by atoms with Gasteiger partial charge in [0.15, 0.2) is 0 Å². The van der Waals surface area contributed by atoms with E-state index in [1.165, 1.54) is 12.1 Å². The van der Waals surface area contributed by atoms with Gasteiger partial charge in [-0.15, -0.1) is 0 Å². The summed E-state index contributed by atoms with van der Waals surface area (Å²) in [7, 11) is 0. The summed E-state index contributed by atoms with van der Waals surface area (Å²) in [6.07, 6.45) is 0.426. The average Bonchev–Trinajstić information content (AvgIpc) is 2.38. The SMILES string of the molecule is CC(C)N(CCC(N)=NO)C(=O)Cc1cccc(F)c1. The molecule has 0 spiro atoms. The van der Waals surface area contributed by atoms with Crippen LogP contribution in [0.15, 0.2) is 29.4 Å². The summed E-state index contributed by atoms with van der Waals surface area (Å²) in [5, 5.41) is 11.4. The van der Waals surface area contributed by atoms with Crippen molar-refractivity contribution in [1.82, 2.24) is 4.90 Å². The number of benzene rings is 1. The van der Waals surface area contributed by atoms with E-state index in [9.17, 15) is 9.18 Å². The van der Waals surface area contributed by atoms with E-state index in [-0.39, 0.29) is 30.0 Å². The molecule has 0 saturated heterocycles. The lowest BCUT2D eigenvalue weighted by molar-refractivity contribution is -0.132. The molecule has 0 aliphatic rings. The topological polar surface area (TPSA) is 78.9 Å². The van der Waals surface area contributed by atoms with Crippen LogP contribution in [0.1, 0.15) is 25.8 Å². The predicted octanol–water partition coefficient (Wildman–Crippen LogP) is 1.74. The van der Waals surface area contributed by atoms with Crippen LogP contribution in [0.5, 0.6) is 0 Å². The fraction of sp³-hybridized carbons (Fsp3) is 0.429. The molecular weight excluding hydrogens is 261 g/mol. The second-order valence-electron chi connectivity index (χ2n) is 4.83. The zero-order valence-electron chi connectivity index (χ0n) is 11.7. The van der Waals surface area contributed by atoms with Crippen LogP contribution in [-0.2, 0) is 11.2 Å². The first-order valence-electron chi connectivity index (χ1n) is 6.44. The van der Waals surface area contributed by atoms with Crippen LogP contribution in [0.25, 0.3) is 0 Å². The second kappa shape index (κ2) is 7.47. The smallest absolute Gasteiger partial charge is 0.227 e. The molecule has 0 radical (unpaired) electrons. The Morgan fingerprint density at radius 2 is 2.20 bits per heavy atom. The molecule has 0 saturated carbocycles. The Bertz CT molecular complexity index is 489. The summed E-state index contributed by atoms with van der Waals surface area (Å²) in [5.41, 5.74) is 6.04. The molecule has 0 heterocycles. The molecule has 110 valence electrons. The number of amidine groups is 1. The number of hydrogen-bond acceptors (Lipinski definition) is 3. The Hall–Kier alpha value is -2.11. The fourth-order valence-corrected chi connectivity index (χ4v) is 1.88. The molecule has 0 bridgehead atoms. The maximum absolute atomic E-state index is 13.1. The van der Waals surface area contributed by atoms with Gasteiger partial charge < -0.3 is 15.8 Å². The highest BCUT2D eigenvalue weighted by molar-refractivity contribution is 5.82. The summed E-state index contributed by atoms with van der Waals surface area (Å²) in [5.74, 6) is -0.395. The molecule has 0 unspecified atom stereocenters. The van der Waals surface area contributed by atoms with Gasteiger partial charge >= 0.3 is 0 Å². The van der Waals surface area contributed by atoms with E-state index in [0.29, 0.717) is 18.5 Å². The minimum absolute atomic E-state index is 0.0115. The van der Waals surface area contributed by atoms with Crippen LogP contribution >= 0.6 is 0 Å². The standard InChI is InChI=1S/C14H20FN3O2/c1-10(2)18(7-6-13(16)17-20)14(19)9-11-4-3-5-12(15)8-11/h3-5,8,10,20H,6-7,9H2,1-2H3,(H2,16,17). The molecule has 0 aliphatic carbocycles. The largest absolute Gasteiger partial charge is 0.409 e. The highest BCUT2D eigenvalue weighted by atomic mass is 19.1. The number of oxime groups is 1. The van der Waals surface area contributed by atoms with Crippen molar-refractivity contribution < 1.29 is 14.4 Å². The molecule has 6 heteroatoms. The fourth-order valence-electron chi connectivity index (χ4n) is 1.88. The van der Waals surface area contributed by atoms with Crippen molar-refractivity contribution >= 4 is 11.7 Å². The lowest BCUT2D eigenvalue weighted by Crippen LogP contribution is -2.40. The molecule has 20 heavy (non-hydrogen) atoms. The van der Waals surface area contributed by atoms with Gasteiger partial charge in [-0.3, -0.25) is 4.79 Å². The quantitative estimate of drug-likeness (QED) is 0.361. The third kappa shape index (κ3) is 4.87. The van der Waals surface area contributed by atoms with E-state index in [1.807, 2.05) is 13.8 Å². The number of carbonyl (C=O) groups excluding carboxylic acids is 1. The molecule has 1 aromatic carbocycles. The van der Waals surface area contributed by atoms with Crippen molar-refractivity contribution in [3.8, 4) is 0 Å². The Balaban J connectivity index is 2.69. The highest BCUT2D eigenvalue weighted by Crippen LogP contribution is 2.09. The third-order valence-electron chi connectivity index (χ3n) is 2.93. The van der Waals surface area contributed by atoms with Crippen molar-refractivity contribution in [3.63, 3.8) is 0 Å². The number of halogens is 1. The molecule has 1 amide bonds. The van der Waals surface area contributed by atoms with Gasteiger partial charge in [0.05, 0.1) is 6.42 Å². The highest BCUT2D eigenvalue weighted by Gasteiger charge is 2.17. The van der Waals surface area contributed by atoms with E-state index in [1.54, 1.807) is 17.0 Å². The minimum atomic E-state index is -0.358. The van der Waals surface area contributed by atoms with Gasteiger partial charge in [0.25, 0.3) is 0 Å². The molecule has 1 aromatic rings. The molecule has 3 N–H and O–H groups in total. The second-order valence-corrected chi connectivity index (χ2v) is 4.83. The van der Waals surface area contributed by atoms with Gasteiger partial charge in [-0.25, -0.2) is 4.39 Å². The lowest BCUT2D eigenvalue weighted by Gasteiger charge is -2.26. The van der Waals surface area contributed by atoms with Crippen molar-refractivity contribution in [2.75, 3.05) is 6.54 Å². The van der Waals surface area contributed by atoms with Gasteiger partial charge in [-0.05, 0) is 31.5 Å². The zero-order chi connectivity index (χ0) is 15.1. The summed E-state index contributed by atoms with van der Waals surface area (Å²) in [6.45, 7) is 4.13. The first kappa shape index (κ1) is 15.9. The molecule has 1 rings (SSSR count). The Labute approximate surface area is 117 Å². The van der Waals surface area contributed by atoms with Gasteiger partial charge in [-0.2, -0.15) is 0 Å². The summed E-state index contributed by atoms with van der Waals surface area (Å²) in [6, 6.07) is 5.96. The van der Waals surface area contributed by atoms with Crippen molar-refractivity contribution in [2.45, 2.75) is 32.7 Å². The van der Waals surface area contributed by atoms with E-state index < -0.39 is 0 Å². The van der Waals surface area contributed by atoms with Crippen LogP contribution in [0, 0.1) is 5.82 Å². The predicted molar refractivity (Wildman–Crippen MR) is 75.0 cm³/mol. The molecule has 5 nitrogen and oxygen atoms in total. The van der Waals surface area contributed by atoms with Crippen molar-refractivity contribution in [3.05, 3.63) is 35.6 Å². The van der Waals surface area contributed by atoms with Gasteiger partial charge in [0, 0.05) is 19.0 Å². The molecular formula is C14H20FN3O2. The third-order valence-corrected chi connectivity index (χ3v) is 2.93. The van der Waals surface area contributed by atoms with Gasteiger partial charge in [-0.1, -0.05) is 17.3 Å². The van der Waals surface area contributed by atoms with Gasteiger partial charge in [0.1, 0.15) is 11.7 Å². The van der Waals surface area contributed by atoms with Crippen LogP contribution in [0.3, 0.4) is 0 Å². The van der Waals surface area contributed by atoms with Crippen molar-refractivity contribution in [2.24, 2.45) is 10.9 Å². The Morgan fingerprint density at radius 1 is 1.50 bits per heavy atom. The van der Waals surface area contributed by atoms with E-state index >= 15 is 0 Å². The Morgan fingerprint density at radius 3 is 2.75 bits per heavy atom. The van der Waals surface area contributed by atoms with Crippen LogP contribution in [0.4, 0.5) is 4.39 Å². The number of nitrogens with zero attached hydrogens (tertiary/aromatic N) is 2.